The lowest BCUT2D eigenvalue weighted by Gasteiger charge is -2.05. The van der Waals surface area contributed by atoms with Gasteiger partial charge in [0.05, 0.1) is 5.56 Å². The van der Waals surface area contributed by atoms with Gasteiger partial charge in [0.1, 0.15) is 0 Å². The van der Waals surface area contributed by atoms with Crippen molar-refractivity contribution in [2.75, 3.05) is 7.05 Å². The smallest absolute Gasteiger partial charge is 0.357 e. The van der Waals surface area contributed by atoms with Crippen LogP contribution in [0.2, 0.25) is 0 Å². The normalized spacial score (nSPS) is 9.00. The number of hydroxylamine groups is 1. The molecule has 1 N–H and O–H groups in total. The van der Waals surface area contributed by atoms with Gasteiger partial charge in [-0.15, -0.1) is 12.4 Å². The van der Waals surface area contributed by atoms with E-state index in [0.29, 0.717) is 5.56 Å². The Morgan fingerprint density at radius 1 is 1.43 bits per heavy atom. The van der Waals surface area contributed by atoms with Gasteiger partial charge in [-0.05, 0) is 18.1 Å². The molecule has 0 fully saturated rings. The van der Waals surface area contributed by atoms with E-state index in [1.807, 2.05) is 25.1 Å². The zero-order valence-electron chi connectivity index (χ0n) is 8.24. The minimum atomic E-state index is -0.333. The second kappa shape index (κ2) is 6.40. The molecule has 1 rings (SSSR count). The molecule has 0 aromatic heterocycles. The average Bonchev–Trinajstić information content (AvgIpc) is 2.18. The molecule has 3 nitrogen and oxygen atoms in total. The minimum Gasteiger partial charge on any atom is -0.367 e. The highest BCUT2D eigenvalue weighted by atomic mass is 35.5. The number of aryl methyl sites for hydroxylation is 1. The zero-order chi connectivity index (χ0) is 9.68. The van der Waals surface area contributed by atoms with Crippen LogP contribution in [0.1, 0.15) is 22.8 Å². The fraction of sp³-hybridized carbons (Fsp3) is 0.300. The molecular formula is C10H14ClNO2. The summed E-state index contributed by atoms with van der Waals surface area (Å²) < 4.78 is 0. The summed E-state index contributed by atoms with van der Waals surface area (Å²) in [7, 11) is 1.56. The van der Waals surface area contributed by atoms with Crippen molar-refractivity contribution < 1.29 is 9.63 Å². The van der Waals surface area contributed by atoms with Crippen LogP contribution in [0.4, 0.5) is 0 Å². The van der Waals surface area contributed by atoms with Gasteiger partial charge >= 0.3 is 5.97 Å². The lowest BCUT2D eigenvalue weighted by atomic mass is 10.1. The summed E-state index contributed by atoms with van der Waals surface area (Å²) in [5, 5.41) is 0. The van der Waals surface area contributed by atoms with Crippen molar-refractivity contribution in [3.8, 4) is 0 Å². The summed E-state index contributed by atoms with van der Waals surface area (Å²) in [6.07, 6.45) is 0.828. The van der Waals surface area contributed by atoms with Crippen molar-refractivity contribution in [3.63, 3.8) is 0 Å². The number of carbonyl (C=O) groups is 1. The molecule has 0 spiro atoms. The monoisotopic (exact) mass is 215 g/mol. The van der Waals surface area contributed by atoms with E-state index < -0.39 is 0 Å². The molecule has 14 heavy (non-hydrogen) atoms. The Bertz CT molecular complexity index is 302. The van der Waals surface area contributed by atoms with Crippen LogP contribution in [0.3, 0.4) is 0 Å². The quantitative estimate of drug-likeness (QED) is 0.784. The predicted molar refractivity (Wildman–Crippen MR) is 57.5 cm³/mol. The molecule has 1 aromatic carbocycles. The first-order valence-corrected chi connectivity index (χ1v) is 4.25. The summed E-state index contributed by atoms with van der Waals surface area (Å²) in [5.74, 6) is -0.333. The fourth-order valence-electron chi connectivity index (χ4n) is 1.18. The van der Waals surface area contributed by atoms with E-state index in [2.05, 4.69) is 10.3 Å². The van der Waals surface area contributed by atoms with Crippen LogP contribution in [-0.2, 0) is 11.3 Å². The van der Waals surface area contributed by atoms with E-state index >= 15 is 0 Å². The number of nitrogens with one attached hydrogen (secondary N) is 1. The molecule has 0 bridgehead atoms. The van der Waals surface area contributed by atoms with E-state index in [-0.39, 0.29) is 18.4 Å². The molecule has 0 saturated heterocycles. The van der Waals surface area contributed by atoms with Crippen molar-refractivity contribution in [1.82, 2.24) is 5.48 Å². The van der Waals surface area contributed by atoms with Gasteiger partial charge < -0.3 is 4.84 Å². The summed E-state index contributed by atoms with van der Waals surface area (Å²) in [6, 6.07) is 7.42. The maximum absolute atomic E-state index is 11.3. The molecule has 1 aromatic rings. The third-order valence-corrected chi connectivity index (χ3v) is 1.81. The van der Waals surface area contributed by atoms with E-state index in [0.717, 1.165) is 12.0 Å². The summed E-state index contributed by atoms with van der Waals surface area (Å²) in [6.45, 7) is 2.01. The highest BCUT2D eigenvalue weighted by molar-refractivity contribution is 5.90. The van der Waals surface area contributed by atoms with E-state index in [9.17, 15) is 4.79 Å². The molecule has 4 heteroatoms. The molecule has 0 heterocycles. The second-order valence-corrected chi connectivity index (χ2v) is 2.60. The van der Waals surface area contributed by atoms with Crippen LogP contribution in [0, 0.1) is 0 Å². The van der Waals surface area contributed by atoms with Gasteiger partial charge in [-0.3, -0.25) is 0 Å². The highest BCUT2D eigenvalue weighted by Gasteiger charge is 2.09. The maximum atomic E-state index is 11.3. The molecular weight excluding hydrogens is 202 g/mol. The summed E-state index contributed by atoms with van der Waals surface area (Å²) in [5.41, 5.74) is 3.99. The molecule has 0 amide bonds. The number of carbonyl (C=O) groups excluding carboxylic acids is 1. The van der Waals surface area contributed by atoms with E-state index in [1.165, 1.54) is 0 Å². The number of rotatable bonds is 3. The number of hydrogen-bond acceptors (Lipinski definition) is 3. The van der Waals surface area contributed by atoms with Gasteiger partial charge in [0.2, 0.25) is 0 Å². The van der Waals surface area contributed by atoms with Crippen molar-refractivity contribution in [2.24, 2.45) is 0 Å². The maximum Gasteiger partial charge on any atom is 0.357 e. The van der Waals surface area contributed by atoms with E-state index in [1.54, 1.807) is 13.1 Å². The second-order valence-electron chi connectivity index (χ2n) is 2.60. The molecule has 0 aliphatic carbocycles. The Labute approximate surface area is 89.8 Å². The van der Waals surface area contributed by atoms with Gasteiger partial charge in [0.15, 0.2) is 0 Å². The number of hydrogen-bond donors (Lipinski definition) is 1. The SMILES string of the molecule is CCc1ccccc1C(=O)ONC.Cl. The standard InChI is InChI=1S/C10H13NO2.ClH/c1-3-8-6-4-5-7-9(8)10(12)13-11-2;/h4-7,11H,3H2,1-2H3;1H. The largest absolute Gasteiger partial charge is 0.367 e. The van der Waals surface area contributed by atoms with Gasteiger partial charge in [-0.2, -0.15) is 5.48 Å². The van der Waals surface area contributed by atoms with Crippen LogP contribution < -0.4 is 5.48 Å². The Hall–Kier alpha value is -1.06. The topological polar surface area (TPSA) is 38.3 Å². The molecule has 0 aliphatic rings. The van der Waals surface area contributed by atoms with Crippen LogP contribution in [0.25, 0.3) is 0 Å². The first kappa shape index (κ1) is 12.9. The Morgan fingerprint density at radius 2 is 2.07 bits per heavy atom. The van der Waals surface area contributed by atoms with Crippen molar-refractivity contribution in [2.45, 2.75) is 13.3 Å². The van der Waals surface area contributed by atoms with Gasteiger partial charge in [0.25, 0.3) is 0 Å². The third-order valence-electron chi connectivity index (χ3n) is 1.81. The van der Waals surface area contributed by atoms with Gasteiger partial charge in [0, 0.05) is 7.05 Å². The average molecular weight is 216 g/mol. The van der Waals surface area contributed by atoms with Crippen LogP contribution in [-0.4, -0.2) is 13.0 Å². The van der Waals surface area contributed by atoms with Crippen molar-refractivity contribution >= 4 is 18.4 Å². The Kier molecular flexibility index (Phi) is 5.92. The van der Waals surface area contributed by atoms with Gasteiger partial charge in [-0.25, -0.2) is 4.79 Å². The zero-order valence-corrected chi connectivity index (χ0v) is 9.06. The Balaban J connectivity index is 0.00000169. The first-order valence-electron chi connectivity index (χ1n) is 4.25. The summed E-state index contributed by atoms with van der Waals surface area (Å²) in [4.78, 5) is 16.0. The summed E-state index contributed by atoms with van der Waals surface area (Å²) >= 11 is 0. The molecule has 78 valence electrons. The predicted octanol–water partition coefficient (Wildman–Crippen LogP) is 1.96. The van der Waals surface area contributed by atoms with E-state index in [4.69, 9.17) is 0 Å². The van der Waals surface area contributed by atoms with Crippen LogP contribution in [0.15, 0.2) is 24.3 Å². The molecule has 0 aliphatic heterocycles. The van der Waals surface area contributed by atoms with Gasteiger partial charge in [-0.1, -0.05) is 25.1 Å². The molecule has 0 atom stereocenters. The van der Waals surface area contributed by atoms with Crippen LogP contribution in [0.5, 0.6) is 0 Å². The number of benzene rings is 1. The fourth-order valence-corrected chi connectivity index (χ4v) is 1.18. The lowest BCUT2D eigenvalue weighted by molar-refractivity contribution is 0.0308. The first-order chi connectivity index (χ1) is 6.29. The Morgan fingerprint density at radius 3 is 2.64 bits per heavy atom. The van der Waals surface area contributed by atoms with Crippen LogP contribution >= 0.6 is 12.4 Å². The molecule has 0 radical (unpaired) electrons. The van der Waals surface area contributed by atoms with Crippen molar-refractivity contribution in [3.05, 3.63) is 35.4 Å². The molecule has 0 saturated carbocycles. The van der Waals surface area contributed by atoms with Crippen molar-refractivity contribution in [1.29, 1.82) is 0 Å². The minimum absolute atomic E-state index is 0. The highest BCUT2D eigenvalue weighted by Crippen LogP contribution is 2.09. The molecule has 0 unspecified atom stereocenters. The number of halogens is 1. The third kappa shape index (κ3) is 3.01. The lowest BCUT2D eigenvalue weighted by Crippen LogP contribution is -2.16.